The second-order valence-electron chi connectivity index (χ2n) is 8.09. The van der Waals surface area contributed by atoms with E-state index in [0.29, 0.717) is 23.3 Å². The first-order valence-corrected chi connectivity index (χ1v) is 10.9. The van der Waals surface area contributed by atoms with E-state index in [-0.39, 0.29) is 17.2 Å². The standard InChI is InChI=1S/C29H19F3O3/c1-2-17-3-5-19(6-4-17)23-13-14-25(28(32)27(23)31)35-29(33)20-9-7-18(8-10-20)22-12-11-21(15-24(22)30)26-16-34-26/h2-15,26H,1,16H2. The number of halogens is 3. The van der Waals surface area contributed by atoms with Gasteiger partial charge in [0.05, 0.1) is 12.2 Å². The summed E-state index contributed by atoms with van der Waals surface area (Å²) in [6.45, 7) is 4.25. The van der Waals surface area contributed by atoms with Crippen LogP contribution in [0.5, 0.6) is 5.75 Å². The first-order valence-electron chi connectivity index (χ1n) is 10.9. The lowest BCUT2D eigenvalue weighted by Gasteiger charge is -2.10. The van der Waals surface area contributed by atoms with Crippen molar-refractivity contribution in [2.24, 2.45) is 0 Å². The van der Waals surface area contributed by atoms with Crippen LogP contribution in [0.1, 0.15) is 27.6 Å². The molecule has 6 heteroatoms. The number of rotatable bonds is 6. The Balaban J connectivity index is 1.33. The summed E-state index contributed by atoms with van der Waals surface area (Å²) >= 11 is 0. The van der Waals surface area contributed by atoms with Gasteiger partial charge in [0.2, 0.25) is 5.82 Å². The van der Waals surface area contributed by atoms with Gasteiger partial charge in [-0.1, -0.05) is 61.2 Å². The van der Waals surface area contributed by atoms with Gasteiger partial charge < -0.3 is 9.47 Å². The summed E-state index contributed by atoms with van der Waals surface area (Å²) in [6, 6.07) is 20.2. The molecule has 1 aliphatic rings. The van der Waals surface area contributed by atoms with Crippen LogP contribution < -0.4 is 4.74 Å². The Morgan fingerprint density at radius 1 is 0.857 bits per heavy atom. The van der Waals surface area contributed by atoms with E-state index >= 15 is 0 Å². The van der Waals surface area contributed by atoms with E-state index < -0.39 is 29.2 Å². The van der Waals surface area contributed by atoms with Crippen LogP contribution in [-0.4, -0.2) is 12.6 Å². The van der Waals surface area contributed by atoms with Gasteiger partial charge in [-0.25, -0.2) is 13.6 Å². The SMILES string of the molecule is C=Cc1ccc(-c2ccc(OC(=O)c3ccc(-c4ccc(C5CO5)cc4F)cc3)c(F)c2F)cc1. The normalized spacial score (nSPS) is 14.4. The van der Waals surface area contributed by atoms with Gasteiger partial charge in [-0.15, -0.1) is 0 Å². The van der Waals surface area contributed by atoms with Gasteiger partial charge in [-0.05, 0) is 52.6 Å². The first-order chi connectivity index (χ1) is 16.9. The Labute approximate surface area is 200 Å². The lowest BCUT2D eigenvalue weighted by Crippen LogP contribution is -2.10. The number of epoxide rings is 1. The maximum Gasteiger partial charge on any atom is 0.343 e. The van der Waals surface area contributed by atoms with Gasteiger partial charge in [0.15, 0.2) is 11.6 Å². The number of ether oxygens (including phenoxy) is 2. The summed E-state index contributed by atoms with van der Waals surface area (Å²) in [5, 5.41) is 0. The fraction of sp³-hybridized carbons (Fsp3) is 0.0690. The Morgan fingerprint density at radius 2 is 1.49 bits per heavy atom. The molecular formula is C29H19F3O3. The fourth-order valence-electron chi connectivity index (χ4n) is 3.78. The zero-order chi connectivity index (χ0) is 24.5. The van der Waals surface area contributed by atoms with E-state index in [4.69, 9.17) is 9.47 Å². The summed E-state index contributed by atoms with van der Waals surface area (Å²) in [6.07, 6.45) is 1.60. The topological polar surface area (TPSA) is 38.8 Å². The lowest BCUT2D eigenvalue weighted by atomic mass is 10.0. The predicted octanol–water partition coefficient (Wildman–Crippen LogP) is 7.37. The second-order valence-corrected chi connectivity index (χ2v) is 8.09. The minimum Gasteiger partial charge on any atom is -0.420 e. The summed E-state index contributed by atoms with van der Waals surface area (Å²) in [4.78, 5) is 12.5. The zero-order valence-electron chi connectivity index (χ0n) is 18.4. The average molecular weight is 472 g/mol. The van der Waals surface area contributed by atoms with Crippen LogP contribution in [0, 0.1) is 17.5 Å². The van der Waals surface area contributed by atoms with Crippen LogP contribution in [0.3, 0.4) is 0 Å². The molecule has 1 saturated heterocycles. The molecule has 0 amide bonds. The number of hydrogen-bond acceptors (Lipinski definition) is 3. The number of carbonyl (C=O) groups is 1. The van der Waals surface area contributed by atoms with Crippen molar-refractivity contribution in [1.29, 1.82) is 0 Å². The third-order valence-electron chi connectivity index (χ3n) is 5.84. The molecule has 0 saturated carbocycles. The summed E-state index contributed by atoms with van der Waals surface area (Å²) < 4.78 is 54.2. The smallest absolute Gasteiger partial charge is 0.343 e. The maximum absolute atomic E-state index is 14.7. The van der Waals surface area contributed by atoms with E-state index in [1.807, 2.05) is 0 Å². The van der Waals surface area contributed by atoms with Crippen molar-refractivity contribution in [2.75, 3.05) is 6.61 Å². The second kappa shape index (κ2) is 9.24. The number of esters is 1. The lowest BCUT2D eigenvalue weighted by molar-refractivity contribution is 0.0727. The molecule has 0 radical (unpaired) electrons. The molecule has 1 fully saturated rings. The molecule has 1 aliphatic heterocycles. The Bertz CT molecular complexity index is 1420. The quantitative estimate of drug-likeness (QED) is 0.167. The van der Waals surface area contributed by atoms with Crippen molar-refractivity contribution >= 4 is 12.0 Å². The van der Waals surface area contributed by atoms with Crippen molar-refractivity contribution in [3.8, 4) is 28.0 Å². The van der Waals surface area contributed by atoms with Gasteiger partial charge in [0, 0.05) is 11.1 Å². The van der Waals surface area contributed by atoms with Crippen LogP contribution in [0.15, 0.2) is 85.4 Å². The Hall–Kier alpha value is -4.16. The molecule has 1 unspecified atom stereocenters. The highest BCUT2D eigenvalue weighted by Crippen LogP contribution is 2.33. The van der Waals surface area contributed by atoms with E-state index in [1.165, 1.54) is 30.3 Å². The molecule has 4 aromatic carbocycles. The molecular weight excluding hydrogens is 453 g/mol. The molecule has 0 N–H and O–H groups in total. The van der Waals surface area contributed by atoms with Crippen LogP contribution in [0.2, 0.25) is 0 Å². The van der Waals surface area contributed by atoms with E-state index in [2.05, 4.69) is 6.58 Å². The van der Waals surface area contributed by atoms with Gasteiger partial charge in [0.1, 0.15) is 11.9 Å². The molecule has 0 aliphatic carbocycles. The third-order valence-corrected chi connectivity index (χ3v) is 5.84. The Morgan fingerprint density at radius 3 is 2.11 bits per heavy atom. The van der Waals surface area contributed by atoms with Crippen molar-refractivity contribution in [1.82, 2.24) is 0 Å². The molecule has 1 heterocycles. The molecule has 0 bridgehead atoms. The molecule has 35 heavy (non-hydrogen) atoms. The monoisotopic (exact) mass is 472 g/mol. The molecule has 1 atom stereocenters. The van der Waals surface area contributed by atoms with Crippen LogP contribution >= 0.6 is 0 Å². The number of carbonyl (C=O) groups excluding carboxylic acids is 1. The molecule has 0 aromatic heterocycles. The maximum atomic E-state index is 14.7. The minimum atomic E-state index is -1.26. The van der Waals surface area contributed by atoms with Gasteiger partial charge >= 0.3 is 5.97 Å². The van der Waals surface area contributed by atoms with Crippen molar-refractivity contribution in [2.45, 2.75) is 6.10 Å². The van der Waals surface area contributed by atoms with Crippen molar-refractivity contribution < 1.29 is 27.4 Å². The predicted molar refractivity (Wildman–Crippen MR) is 127 cm³/mol. The summed E-state index contributed by atoms with van der Waals surface area (Å²) in [5.41, 5.74) is 3.19. The highest BCUT2D eigenvalue weighted by atomic mass is 19.2. The first kappa shape index (κ1) is 22.6. The fourth-order valence-corrected chi connectivity index (χ4v) is 3.78. The highest BCUT2D eigenvalue weighted by molar-refractivity contribution is 5.91. The average Bonchev–Trinajstić information content (AvgIpc) is 3.73. The van der Waals surface area contributed by atoms with E-state index in [9.17, 15) is 18.0 Å². The molecule has 5 rings (SSSR count). The molecule has 174 valence electrons. The van der Waals surface area contributed by atoms with Gasteiger partial charge in [-0.3, -0.25) is 0 Å². The van der Waals surface area contributed by atoms with Crippen molar-refractivity contribution in [3.63, 3.8) is 0 Å². The molecule has 4 aromatic rings. The third kappa shape index (κ3) is 4.61. The largest absolute Gasteiger partial charge is 0.420 e. The van der Waals surface area contributed by atoms with E-state index in [1.54, 1.807) is 54.6 Å². The zero-order valence-corrected chi connectivity index (χ0v) is 18.4. The van der Waals surface area contributed by atoms with Crippen LogP contribution in [0.25, 0.3) is 28.3 Å². The number of hydrogen-bond donors (Lipinski definition) is 0. The summed E-state index contributed by atoms with van der Waals surface area (Å²) in [5.74, 6) is -4.16. The highest BCUT2D eigenvalue weighted by Gasteiger charge is 2.25. The minimum absolute atomic E-state index is 0.0450. The molecule has 0 spiro atoms. The molecule has 3 nitrogen and oxygen atoms in total. The van der Waals surface area contributed by atoms with E-state index in [0.717, 1.165) is 11.1 Å². The van der Waals surface area contributed by atoms with Gasteiger partial charge in [-0.2, -0.15) is 4.39 Å². The van der Waals surface area contributed by atoms with Crippen LogP contribution in [0.4, 0.5) is 13.2 Å². The Kier molecular flexibility index (Phi) is 5.97. The number of benzene rings is 4. The van der Waals surface area contributed by atoms with Crippen molar-refractivity contribution in [3.05, 3.63) is 120 Å². The summed E-state index contributed by atoms with van der Waals surface area (Å²) in [7, 11) is 0. The van der Waals surface area contributed by atoms with Crippen LogP contribution in [-0.2, 0) is 4.74 Å². The van der Waals surface area contributed by atoms with Gasteiger partial charge in [0.25, 0.3) is 0 Å².